The Balaban J connectivity index is 1.43. The molecule has 2 aliphatic heterocycles. The predicted molar refractivity (Wildman–Crippen MR) is 83.1 cm³/mol. The number of hydrogen-bond acceptors (Lipinski definition) is 3. The molecule has 0 aromatic heterocycles. The minimum Gasteiger partial charge on any atom is -0.388 e. The molecule has 2 heterocycles. The number of amidine groups is 1. The molecule has 0 radical (unpaired) electrons. The Morgan fingerprint density at radius 3 is 2.25 bits per heavy atom. The number of hydrogen-bond donors (Lipinski definition) is 2. The van der Waals surface area contributed by atoms with Crippen LogP contribution in [0.4, 0.5) is 0 Å². The molecule has 0 amide bonds. The maximum Gasteiger partial charge on any atom is 0.0911 e. The zero-order valence-electron chi connectivity index (χ0n) is 12.7. The monoisotopic (exact) mass is 278 g/mol. The Morgan fingerprint density at radius 1 is 1.05 bits per heavy atom. The molecule has 0 spiro atoms. The molecule has 1 saturated carbocycles. The normalized spacial score (nSPS) is 28.4. The van der Waals surface area contributed by atoms with Gasteiger partial charge < -0.3 is 15.5 Å². The third-order valence-corrected chi connectivity index (χ3v) is 5.55. The van der Waals surface area contributed by atoms with Crippen molar-refractivity contribution >= 4 is 5.84 Å². The lowest BCUT2D eigenvalue weighted by molar-refractivity contribution is 0.0834. The van der Waals surface area contributed by atoms with Crippen LogP contribution in [0.5, 0.6) is 0 Å². The summed E-state index contributed by atoms with van der Waals surface area (Å²) in [5.41, 5.74) is 5.98. The first kappa shape index (κ1) is 14.3. The standard InChI is InChI=1S/C16H30N4/c17-15(18)12-16(6-7-16)13-19-10-4-14(5-11-19)20-8-2-1-3-9-20/h14H,1-13H2,(H3,17,18). The van der Waals surface area contributed by atoms with E-state index < -0.39 is 0 Å². The fraction of sp³-hybridized carbons (Fsp3) is 0.938. The Morgan fingerprint density at radius 2 is 1.70 bits per heavy atom. The van der Waals surface area contributed by atoms with Crippen LogP contribution in [0.1, 0.15) is 51.4 Å². The minimum absolute atomic E-state index is 0.379. The van der Waals surface area contributed by atoms with Crippen molar-refractivity contribution < 1.29 is 0 Å². The molecular formula is C16H30N4. The van der Waals surface area contributed by atoms with Gasteiger partial charge in [0, 0.05) is 19.0 Å². The Labute approximate surface area is 123 Å². The van der Waals surface area contributed by atoms with E-state index in [1.165, 1.54) is 77.7 Å². The fourth-order valence-electron chi connectivity index (χ4n) is 4.17. The van der Waals surface area contributed by atoms with E-state index in [-0.39, 0.29) is 0 Å². The van der Waals surface area contributed by atoms with Crippen LogP contribution in [-0.4, -0.2) is 54.4 Å². The van der Waals surface area contributed by atoms with Crippen molar-refractivity contribution in [1.29, 1.82) is 5.41 Å². The second kappa shape index (κ2) is 6.02. The van der Waals surface area contributed by atoms with Crippen molar-refractivity contribution in [3.63, 3.8) is 0 Å². The third-order valence-electron chi connectivity index (χ3n) is 5.55. The summed E-state index contributed by atoms with van der Waals surface area (Å²) in [5, 5.41) is 7.53. The van der Waals surface area contributed by atoms with Crippen LogP contribution in [-0.2, 0) is 0 Å². The quantitative estimate of drug-likeness (QED) is 0.598. The predicted octanol–water partition coefficient (Wildman–Crippen LogP) is 2.04. The molecule has 4 nitrogen and oxygen atoms in total. The first-order valence-electron chi connectivity index (χ1n) is 8.46. The van der Waals surface area contributed by atoms with E-state index in [0.717, 1.165) is 12.5 Å². The number of nitrogens with one attached hydrogen (secondary N) is 1. The van der Waals surface area contributed by atoms with E-state index in [2.05, 4.69) is 9.80 Å². The Hall–Kier alpha value is -0.610. The fourth-order valence-corrected chi connectivity index (χ4v) is 4.17. The summed E-state index contributed by atoms with van der Waals surface area (Å²) >= 11 is 0. The summed E-state index contributed by atoms with van der Waals surface area (Å²) in [7, 11) is 0. The molecule has 0 bridgehead atoms. The summed E-state index contributed by atoms with van der Waals surface area (Å²) in [6.07, 6.45) is 10.3. The van der Waals surface area contributed by atoms with Gasteiger partial charge in [-0.25, -0.2) is 0 Å². The average Bonchev–Trinajstić information content (AvgIpc) is 3.19. The highest BCUT2D eigenvalue weighted by molar-refractivity contribution is 5.78. The topological polar surface area (TPSA) is 56.4 Å². The number of nitrogens with two attached hydrogens (primary N) is 1. The molecule has 0 aromatic carbocycles. The highest BCUT2D eigenvalue weighted by Gasteiger charge is 2.44. The molecule has 2 saturated heterocycles. The molecular weight excluding hydrogens is 248 g/mol. The van der Waals surface area contributed by atoms with E-state index in [1.807, 2.05) is 0 Å². The molecule has 0 aromatic rings. The summed E-state index contributed by atoms with van der Waals surface area (Å²) in [4.78, 5) is 5.37. The second-order valence-electron chi connectivity index (χ2n) is 7.31. The minimum atomic E-state index is 0.379. The van der Waals surface area contributed by atoms with E-state index in [9.17, 15) is 0 Å². The Bertz CT molecular complexity index is 336. The van der Waals surface area contributed by atoms with Gasteiger partial charge in [0.05, 0.1) is 5.84 Å². The summed E-state index contributed by atoms with van der Waals surface area (Å²) < 4.78 is 0. The SMILES string of the molecule is N=C(N)CC1(CN2CCC(N3CCCCC3)CC2)CC1. The van der Waals surface area contributed by atoms with Gasteiger partial charge in [-0.1, -0.05) is 6.42 Å². The average molecular weight is 278 g/mol. The summed E-state index contributed by atoms with van der Waals surface area (Å²) in [6.45, 7) is 6.35. The lowest BCUT2D eigenvalue weighted by Gasteiger charge is -2.41. The highest BCUT2D eigenvalue weighted by atomic mass is 15.2. The van der Waals surface area contributed by atoms with E-state index in [4.69, 9.17) is 11.1 Å². The summed E-state index contributed by atoms with van der Waals surface area (Å²) in [6, 6.07) is 0.842. The molecule has 1 aliphatic carbocycles. The maximum absolute atomic E-state index is 7.53. The lowest BCUT2D eigenvalue weighted by Crippen LogP contribution is -2.47. The van der Waals surface area contributed by atoms with Gasteiger partial charge in [0.25, 0.3) is 0 Å². The van der Waals surface area contributed by atoms with Crippen molar-refractivity contribution in [2.75, 3.05) is 32.7 Å². The van der Waals surface area contributed by atoms with E-state index in [0.29, 0.717) is 11.3 Å². The molecule has 0 unspecified atom stereocenters. The van der Waals surface area contributed by atoms with Crippen molar-refractivity contribution in [3.8, 4) is 0 Å². The molecule has 3 aliphatic rings. The molecule has 0 atom stereocenters. The van der Waals surface area contributed by atoms with Gasteiger partial charge in [-0.2, -0.15) is 0 Å². The van der Waals surface area contributed by atoms with Gasteiger partial charge in [-0.05, 0) is 70.1 Å². The third kappa shape index (κ3) is 3.53. The van der Waals surface area contributed by atoms with Crippen molar-refractivity contribution in [2.24, 2.45) is 11.1 Å². The van der Waals surface area contributed by atoms with Crippen molar-refractivity contribution in [1.82, 2.24) is 9.80 Å². The van der Waals surface area contributed by atoms with Crippen LogP contribution < -0.4 is 5.73 Å². The van der Waals surface area contributed by atoms with Gasteiger partial charge in [0.1, 0.15) is 0 Å². The van der Waals surface area contributed by atoms with Crippen LogP contribution in [0.2, 0.25) is 0 Å². The molecule has 3 rings (SSSR count). The Kier molecular flexibility index (Phi) is 4.32. The number of likely N-dealkylation sites (tertiary alicyclic amines) is 2. The molecule has 20 heavy (non-hydrogen) atoms. The smallest absolute Gasteiger partial charge is 0.0911 e. The molecule has 3 N–H and O–H groups in total. The van der Waals surface area contributed by atoms with Crippen LogP contribution >= 0.6 is 0 Å². The second-order valence-corrected chi connectivity index (χ2v) is 7.31. The van der Waals surface area contributed by atoms with Gasteiger partial charge >= 0.3 is 0 Å². The van der Waals surface area contributed by atoms with Crippen LogP contribution in [0.25, 0.3) is 0 Å². The zero-order valence-corrected chi connectivity index (χ0v) is 12.7. The number of rotatable bonds is 5. The molecule has 3 fully saturated rings. The van der Waals surface area contributed by atoms with Crippen LogP contribution in [0.3, 0.4) is 0 Å². The van der Waals surface area contributed by atoms with Gasteiger partial charge in [0.15, 0.2) is 0 Å². The lowest BCUT2D eigenvalue weighted by atomic mass is 9.96. The summed E-state index contributed by atoms with van der Waals surface area (Å²) in [5.74, 6) is 0.380. The van der Waals surface area contributed by atoms with Crippen molar-refractivity contribution in [2.45, 2.75) is 57.4 Å². The highest BCUT2D eigenvalue weighted by Crippen LogP contribution is 2.49. The first-order chi connectivity index (χ1) is 9.67. The van der Waals surface area contributed by atoms with Gasteiger partial charge in [-0.15, -0.1) is 0 Å². The largest absolute Gasteiger partial charge is 0.388 e. The molecule has 4 heteroatoms. The van der Waals surface area contributed by atoms with Crippen LogP contribution in [0.15, 0.2) is 0 Å². The van der Waals surface area contributed by atoms with E-state index in [1.54, 1.807) is 0 Å². The van der Waals surface area contributed by atoms with Gasteiger partial charge in [-0.3, -0.25) is 5.41 Å². The van der Waals surface area contributed by atoms with Crippen LogP contribution in [0, 0.1) is 10.8 Å². The maximum atomic E-state index is 7.53. The van der Waals surface area contributed by atoms with Gasteiger partial charge in [0.2, 0.25) is 0 Å². The first-order valence-corrected chi connectivity index (χ1v) is 8.46. The van der Waals surface area contributed by atoms with Crippen molar-refractivity contribution in [3.05, 3.63) is 0 Å². The zero-order chi connectivity index (χ0) is 14.0. The number of piperidine rings is 2. The molecule has 114 valence electrons. The number of nitrogens with zero attached hydrogens (tertiary/aromatic N) is 2. The van der Waals surface area contributed by atoms with E-state index >= 15 is 0 Å².